The van der Waals surface area contributed by atoms with Gasteiger partial charge in [-0.2, -0.15) is 0 Å². The Kier molecular flexibility index (Phi) is 5.53. The number of hydrogen-bond acceptors (Lipinski definition) is 6. The molecule has 8 nitrogen and oxygen atoms in total. The monoisotopic (exact) mass is 433 g/mol. The Hall–Kier alpha value is -3.39. The number of fused-ring (bicyclic) bond motifs is 1. The molecule has 0 bridgehead atoms. The summed E-state index contributed by atoms with van der Waals surface area (Å²) < 4.78 is 0. The largest absolute Gasteiger partial charge is 0.379 e. The van der Waals surface area contributed by atoms with E-state index in [1.807, 2.05) is 24.3 Å². The molecule has 166 valence electrons. The minimum absolute atomic E-state index is 0.141. The van der Waals surface area contributed by atoms with Crippen molar-refractivity contribution < 1.29 is 14.4 Å². The minimum Gasteiger partial charge on any atom is -0.379 e. The first kappa shape index (κ1) is 20.5. The summed E-state index contributed by atoms with van der Waals surface area (Å²) in [6.45, 7) is 4.97. The van der Waals surface area contributed by atoms with Crippen LogP contribution in [0.25, 0.3) is 0 Å². The van der Waals surface area contributed by atoms with Crippen molar-refractivity contribution in [3.05, 3.63) is 59.2 Å². The molecule has 3 amide bonds. The zero-order chi connectivity index (χ0) is 22.1. The summed E-state index contributed by atoms with van der Waals surface area (Å²) in [4.78, 5) is 40.5. The molecule has 1 unspecified atom stereocenters. The Balaban J connectivity index is 1.28. The lowest BCUT2D eigenvalue weighted by molar-refractivity contribution is -0.136. The molecule has 1 atom stereocenters. The van der Waals surface area contributed by atoms with E-state index in [1.54, 1.807) is 4.90 Å². The number of amides is 3. The molecule has 32 heavy (non-hydrogen) atoms. The van der Waals surface area contributed by atoms with E-state index in [-0.39, 0.29) is 24.1 Å². The van der Waals surface area contributed by atoms with Crippen LogP contribution in [0, 0.1) is 0 Å². The van der Waals surface area contributed by atoms with E-state index >= 15 is 0 Å². The van der Waals surface area contributed by atoms with Gasteiger partial charge in [-0.15, -0.1) is 0 Å². The highest BCUT2D eigenvalue weighted by atomic mass is 16.2. The second-order valence-electron chi connectivity index (χ2n) is 8.50. The first-order valence-corrected chi connectivity index (χ1v) is 11.2. The molecule has 3 N–H and O–H groups in total. The van der Waals surface area contributed by atoms with Gasteiger partial charge in [0.15, 0.2) is 0 Å². The third-order valence-electron chi connectivity index (χ3n) is 6.43. The number of benzene rings is 2. The van der Waals surface area contributed by atoms with Crippen molar-refractivity contribution in [2.75, 3.05) is 36.4 Å². The van der Waals surface area contributed by atoms with E-state index in [0.717, 1.165) is 43.0 Å². The second-order valence-corrected chi connectivity index (χ2v) is 8.50. The Labute approximate surface area is 187 Å². The van der Waals surface area contributed by atoms with Gasteiger partial charge in [0.05, 0.1) is 11.4 Å². The second kappa shape index (κ2) is 8.63. The van der Waals surface area contributed by atoms with E-state index in [0.29, 0.717) is 25.1 Å². The summed E-state index contributed by atoms with van der Waals surface area (Å²) in [5.41, 5.74) is 4.94. The standard InChI is InChI=1S/C24H27N5O3/c30-22-8-7-21(23(31)27-22)29-15-17-13-16(5-6-18(17)24(29)32)14-26-19-3-1-2-4-20(19)28-11-9-25-10-12-28/h1-6,13,21,25-26H,7-12,14-15H2,(H,27,30,31). The summed E-state index contributed by atoms with van der Waals surface area (Å²) in [7, 11) is 0. The molecule has 2 aromatic rings. The van der Waals surface area contributed by atoms with Crippen molar-refractivity contribution >= 4 is 29.1 Å². The number of piperidine rings is 1. The van der Waals surface area contributed by atoms with E-state index in [9.17, 15) is 14.4 Å². The number of piperazine rings is 1. The van der Waals surface area contributed by atoms with Crippen LogP contribution in [0.15, 0.2) is 42.5 Å². The minimum atomic E-state index is -0.583. The highest BCUT2D eigenvalue weighted by Gasteiger charge is 2.39. The van der Waals surface area contributed by atoms with Crippen LogP contribution < -0.4 is 20.9 Å². The van der Waals surface area contributed by atoms with E-state index in [1.165, 1.54) is 5.69 Å². The fraction of sp³-hybridized carbons (Fsp3) is 0.375. The van der Waals surface area contributed by atoms with Gasteiger partial charge in [0, 0.05) is 51.3 Å². The van der Waals surface area contributed by atoms with Crippen LogP contribution in [-0.2, 0) is 22.7 Å². The van der Waals surface area contributed by atoms with Crippen LogP contribution in [0.5, 0.6) is 0 Å². The number of nitrogens with one attached hydrogen (secondary N) is 3. The number of anilines is 2. The number of carbonyl (C=O) groups excluding carboxylic acids is 3. The number of nitrogens with zero attached hydrogens (tertiary/aromatic N) is 2. The molecule has 2 aromatic carbocycles. The number of rotatable bonds is 5. The summed E-state index contributed by atoms with van der Waals surface area (Å²) in [5.74, 6) is -0.795. The number of imide groups is 1. The molecule has 8 heteroatoms. The van der Waals surface area contributed by atoms with Crippen LogP contribution in [0.3, 0.4) is 0 Å². The van der Waals surface area contributed by atoms with Crippen LogP contribution >= 0.6 is 0 Å². The predicted molar refractivity (Wildman–Crippen MR) is 121 cm³/mol. The van der Waals surface area contributed by atoms with E-state index in [2.05, 4.69) is 39.0 Å². The summed E-state index contributed by atoms with van der Waals surface area (Å²) in [6.07, 6.45) is 0.639. The number of para-hydroxylation sites is 2. The maximum absolute atomic E-state index is 12.9. The lowest BCUT2D eigenvalue weighted by Gasteiger charge is -2.31. The first-order valence-electron chi connectivity index (χ1n) is 11.2. The van der Waals surface area contributed by atoms with E-state index in [4.69, 9.17) is 0 Å². The predicted octanol–water partition coefficient (Wildman–Crippen LogP) is 1.47. The topological polar surface area (TPSA) is 93.8 Å². The SMILES string of the molecule is O=C1CCC(N2Cc3cc(CNc4ccccc4N4CCNCC4)ccc3C2=O)C(=O)N1. The lowest BCUT2D eigenvalue weighted by Crippen LogP contribution is -2.52. The zero-order valence-electron chi connectivity index (χ0n) is 17.9. The highest BCUT2D eigenvalue weighted by molar-refractivity contribution is 6.05. The summed E-state index contributed by atoms with van der Waals surface area (Å²) in [5, 5.41) is 9.29. The smallest absolute Gasteiger partial charge is 0.255 e. The van der Waals surface area contributed by atoms with Crippen molar-refractivity contribution in [3.63, 3.8) is 0 Å². The molecule has 2 saturated heterocycles. The van der Waals surface area contributed by atoms with Gasteiger partial charge < -0.3 is 20.4 Å². The Morgan fingerprint density at radius 3 is 2.66 bits per heavy atom. The third-order valence-corrected chi connectivity index (χ3v) is 6.43. The summed E-state index contributed by atoms with van der Waals surface area (Å²) >= 11 is 0. The van der Waals surface area contributed by atoms with Crippen molar-refractivity contribution in [3.8, 4) is 0 Å². The maximum atomic E-state index is 12.9. The van der Waals surface area contributed by atoms with Gasteiger partial charge in [-0.25, -0.2) is 0 Å². The van der Waals surface area contributed by atoms with Gasteiger partial charge in [0.1, 0.15) is 6.04 Å². The maximum Gasteiger partial charge on any atom is 0.255 e. The fourth-order valence-electron chi connectivity index (χ4n) is 4.74. The molecule has 3 aliphatic heterocycles. The molecule has 5 rings (SSSR count). The Bertz CT molecular complexity index is 1060. The van der Waals surface area contributed by atoms with Crippen LogP contribution in [0.4, 0.5) is 11.4 Å². The quantitative estimate of drug-likeness (QED) is 0.619. The number of hydrogen-bond donors (Lipinski definition) is 3. The highest BCUT2D eigenvalue weighted by Crippen LogP contribution is 2.30. The summed E-state index contributed by atoms with van der Waals surface area (Å²) in [6, 6.07) is 13.6. The lowest BCUT2D eigenvalue weighted by atomic mass is 10.0. The molecular weight excluding hydrogens is 406 g/mol. The molecule has 2 fully saturated rings. The van der Waals surface area contributed by atoms with Crippen LogP contribution in [-0.4, -0.2) is 54.8 Å². The van der Waals surface area contributed by atoms with Gasteiger partial charge in [-0.3, -0.25) is 19.7 Å². The zero-order valence-corrected chi connectivity index (χ0v) is 17.9. The molecule has 3 aliphatic rings. The van der Waals surface area contributed by atoms with Gasteiger partial charge in [0.25, 0.3) is 5.91 Å². The molecule has 0 aliphatic carbocycles. The average Bonchev–Trinajstić information content (AvgIpc) is 3.14. The third kappa shape index (κ3) is 3.93. The molecule has 0 saturated carbocycles. The van der Waals surface area contributed by atoms with Gasteiger partial charge in [0.2, 0.25) is 11.8 Å². The molecule has 3 heterocycles. The molecule has 0 spiro atoms. The Morgan fingerprint density at radius 1 is 1.03 bits per heavy atom. The Morgan fingerprint density at radius 2 is 1.84 bits per heavy atom. The first-order chi connectivity index (χ1) is 15.6. The van der Waals surface area contributed by atoms with Crippen molar-refractivity contribution in [2.45, 2.75) is 32.0 Å². The van der Waals surface area contributed by atoms with Crippen molar-refractivity contribution in [1.29, 1.82) is 0 Å². The van der Waals surface area contributed by atoms with Gasteiger partial charge in [-0.05, 0) is 35.7 Å². The molecule has 0 aromatic heterocycles. The van der Waals surface area contributed by atoms with Crippen LogP contribution in [0.2, 0.25) is 0 Å². The van der Waals surface area contributed by atoms with Crippen molar-refractivity contribution in [1.82, 2.24) is 15.5 Å². The van der Waals surface area contributed by atoms with Gasteiger partial charge >= 0.3 is 0 Å². The molecular formula is C24H27N5O3. The molecule has 0 radical (unpaired) electrons. The average molecular weight is 434 g/mol. The fourth-order valence-corrected chi connectivity index (χ4v) is 4.74. The van der Waals surface area contributed by atoms with Crippen LogP contribution in [0.1, 0.15) is 34.3 Å². The normalized spacial score (nSPS) is 20.9. The van der Waals surface area contributed by atoms with E-state index < -0.39 is 6.04 Å². The number of carbonyl (C=O) groups is 3. The van der Waals surface area contributed by atoms with Crippen molar-refractivity contribution in [2.24, 2.45) is 0 Å². The van der Waals surface area contributed by atoms with Gasteiger partial charge in [-0.1, -0.05) is 24.3 Å².